The van der Waals surface area contributed by atoms with E-state index in [1.807, 2.05) is 0 Å². The highest BCUT2D eigenvalue weighted by molar-refractivity contribution is 7.90. The zero-order valence-corrected chi connectivity index (χ0v) is 10.6. The fourth-order valence-corrected chi connectivity index (χ4v) is 4.17. The van der Waals surface area contributed by atoms with Gasteiger partial charge in [-0.25, -0.2) is 13.1 Å². The summed E-state index contributed by atoms with van der Waals surface area (Å²) in [5.74, 6) is 0.644. The molecule has 0 heterocycles. The van der Waals surface area contributed by atoms with E-state index in [0.29, 0.717) is 5.92 Å². The lowest BCUT2D eigenvalue weighted by atomic mass is 9.78. The van der Waals surface area contributed by atoms with Gasteiger partial charge in [0, 0.05) is 0 Å². The van der Waals surface area contributed by atoms with Gasteiger partial charge in [0.05, 0.1) is 17.4 Å². The Bertz CT molecular complexity index is 340. The van der Waals surface area contributed by atoms with Gasteiger partial charge in [-0.1, -0.05) is 6.92 Å². The maximum absolute atomic E-state index is 11.9. The Hall–Kier alpha value is -0.130. The minimum atomic E-state index is -3.18. The summed E-state index contributed by atoms with van der Waals surface area (Å²) in [7, 11) is -3.18. The first-order valence-electron chi connectivity index (χ1n) is 6.11. The SMILES string of the molecule is CC1CCC(CO)(NS(=O)(=O)C2CC2)CC1. The second-order valence-electron chi connectivity index (χ2n) is 5.47. The summed E-state index contributed by atoms with van der Waals surface area (Å²) in [6.07, 6.45) is 5.05. The highest BCUT2D eigenvalue weighted by Gasteiger charge is 2.43. The number of nitrogens with one attached hydrogen (secondary N) is 1. The van der Waals surface area contributed by atoms with Crippen LogP contribution in [-0.2, 0) is 10.0 Å². The molecule has 0 amide bonds. The van der Waals surface area contributed by atoms with E-state index >= 15 is 0 Å². The summed E-state index contributed by atoms with van der Waals surface area (Å²) >= 11 is 0. The summed E-state index contributed by atoms with van der Waals surface area (Å²) < 4.78 is 26.5. The molecular weight excluding hydrogens is 226 g/mol. The molecule has 2 aliphatic carbocycles. The zero-order valence-electron chi connectivity index (χ0n) is 9.78. The first kappa shape index (κ1) is 12.3. The maximum Gasteiger partial charge on any atom is 0.215 e. The van der Waals surface area contributed by atoms with Crippen LogP contribution in [0.5, 0.6) is 0 Å². The van der Waals surface area contributed by atoms with Crippen molar-refractivity contribution in [2.45, 2.75) is 56.2 Å². The molecule has 0 radical (unpaired) electrons. The second kappa shape index (κ2) is 4.27. The Kier molecular flexibility index (Phi) is 3.29. The van der Waals surface area contributed by atoms with Crippen LogP contribution in [0.2, 0.25) is 0 Å². The van der Waals surface area contributed by atoms with Crippen LogP contribution >= 0.6 is 0 Å². The second-order valence-corrected chi connectivity index (χ2v) is 7.43. The Balaban J connectivity index is 2.04. The van der Waals surface area contributed by atoms with Crippen molar-refractivity contribution in [1.82, 2.24) is 4.72 Å². The number of hydrogen-bond acceptors (Lipinski definition) is 3. The molecule has 16 heavy (non-hydrogen) atoms. The topological polar surface area (TPSA) is 66.4 Å². The molecule has 0 unspecified atom stereocenters. The van der Waals surface area contributed by atoms with Gasteiger partial charge in [0.25, 0.3) is 0 Å². The van der Waals surface area contributed by atoms with Crippen LogP contribution in [0.15, 0.2) is 0 Å². The van der Waals surface area contributed by atoms with E-state index in [1.54, 1.807) is 0 Å². The molecular formula is C11H21NO3S. The summed E-state index contributed by atoms with van der Waals surface area (Å²) in [5.41, 5.74) is -0.575. The van der Waals surface area contributed by atoms with E-state index < -0.39 is 15.6 Å². The van der Waals surface area contributed by atoms with Crippen LogP contribution in [0.25, 0.3) is 0 Å². The van der Waals surface area contributed by atoms with Crippen molar-refractivity contribution in [1.29, 1.82) is 0 Å². The molecule has 0 bridgehead atoms. The fourth-order valence-electron chi connectivity index (χ4n) is 2.37. The van der Waals surface area contributed by atoms with Gasteiger partial charge in [-0.2, -0.15) is 0 Å². The van der Waals surface area contributed by atoms with Crippen LogP contribution < -0.4 is 4.72 Å². The Morgan fingerprint density at radius 3 is 2.25 bits per heavy atom. The quantitative estimate of drug-likeness (QED) is 0.779. The molecule has 0 saturated heterocycles. The molecule has 0 atom stereocenters. The van der Waals surface area contributed by atoms with Gasteiger partial charge in [0.2, 0.25) is 10.0 Å². The van der Waals surface area contributed by atoms with Gasteiger partial charge in [-0.05, 0) is 44.4 Å². The molecule has 0 aliphatic heterocycles. The predicted molar refractivity (Wildman–Crippen MR) is 62.5 cm³/mol. The van der Waals surface area contributed by atoms with Crippen LogP contribution in [0, 0.1) is 5.92 Å². The van der Waals surface area contributed by atoms with Gasteiger partial charge in [-0.15, -0.1) is 0 Å². The number of hydrogen-bond donors (Lipinski definition) is 2. The lowest BCUT2D eigenvalue weighted by Gasteiger charge is -2.38. The molecule has 4 nitrogen and oxygen atoms in total. The Morgan fingerprint density at radius 1 is 1.25 bits per heavy atom. The largest absolute Gasteiger partial charge is 0.394 e. The predicted octanol–water partition coefficient (Wildman–Crippen LogP) is 1.01. The molecule has 0 aromatic heterocycles. The van der Waals surface area contributed by atoms with E-state index in [9.17, 15) is 13.5 Å². The van der Waals surface area contributed by atoms with Crippen molar-refractivity contribution < 1.29 is 13.5 Å². The average Bonchev–Trinajstić information content (AvgIpc) is 3.05. The summed E-state index contributed by atoms with van der Waals surface area (Å²) in [6, 6.07) is 0. The van der Waals surface area contributed by atoms with Crippen molar-refractivity contribution in [3.8, 4) is 0 Å². The molecule has 2 aliphatic rings. The van der Waals surface area contributed by atoms with E-state index in [1.165, 1.54) is 0 Å². The molecule has 2 saturated carbocycles. The monoisotopic (exact) mass is 247 g/mol. The summed E-state index contributed by atoms with van der Waals surface area (Å²) in [6.45, 7) is 2.10. The van der Waals surface area contributed by atoms with E-state index in [4.69, 9.17) is 0 Å². The molecule has 2 N–H and O–H groups in total. The van der Waals surface area contributed by atoms with Gasteiger partial charge >= 0.3 is 0 Å². The summed E-state index contributed by atoms with van der Waals surface area (Å²) in [5, 5.41) is 9.27. The Morgan fingerprint density at radius 2 is 1.81 bits per heavy atom. The van der Waals surface area contributed by atoms with Crippen LogP contribution in [-0.4, -0.2) is 30.9 Å². The Labute approximate surface area is 97.5 Å². The van der Waals surface area contributed by atoms with Crippen LogP contribution in [0.1, 0.15) is 45.4 Å². The molecule has 2 fully saturated rings. The first-order chi connectivity index (χ1) is 7.47. The number of aliphatic hydroxyl groups is 1. The maximum atomic E-state index is 11.9. The molecule has 2 rings (SSSR count). The minimum Gasteiger partial charge on any atom is -0.394 e. The minimum absolute atomic E-state index is 0.0777. The van der Waals surface area contributed by atoms with Crippen molar-refractivity contribution in [3.63, 3.8) is 0 Å². The third-order valence-electron chi connectivity index (χ3n) is 3.86. The van der Waals surface area contributed by atoms with Crippen LogP contribution in [0.4, 0.5) is 0 Å². The number of rotatable bonds is 4. The van der Waals surface area contributed by atoms with Crippen molar-refractivity contribution in [3.05, 3.63) is 0 Å². The van der Waals surface area contributed by atoms with Crippen molar-refractivity contribution in [2.24, 2.45) is 5.92 Å². The smallest absolute Gasteiger partial charge is 0.215 e. The number of sulfonamides is 1. The van der Waals surface area contributed by atoms with Crippen molar-refractivity contribution >= 4 is 10.0 Å². The molecule has 5 heteroatoms. The zero-order chi connectivity index (χ0) is 11.8. The molecule has 94 valence electrons. The van der Waals surface area contributed by atoms with Crippen LogP contribution in [0.3, 0.4) is 0 Å². The normalized spacial score (nSPS) is 36.2. The lowest BCUT2D eigenvalue weighted by molar-refractivity contribution is 0.125. The van der Waals surface area contributed by atoms with E-state index in [2.05, 4.69) is 11.6 Å². The third-order valence-corrected chi connectivity index (χ3v) is 5.92. The highest BCUT2D eigenvalue weighted by atomic mass is 32.2. The highest BCUT2D eigenvalue weighted by Crippen LogP contribution is 2.35. The lowest BCUT2D eigenvalue weighted by Crippen LogP contribution is -2.54. The van der Waals surface area contributed by atoms with Gasteiger partial charge < -0.3 is 5.11 Å². The van der Waals surface area contributed by atoms with Crippen molar-refractivity contribution in [2.75, 3.05) is 6.61 Å². The van der Waals surface area contributed by atoms with E-state index in [0.717, 1.165) is 38.5 Å². The molecule has 0 aromatic rings. The standard InChI is InChI=1S/C11H21NO3S/c1-9-4-6-11(8-13,7-5-9)12-16(14,15)10-2-3-10/h9-10,12-13H,2-8H2,1H3. The molecule has 0 aromatic carbocycles. The summed E-state index contributed by atoms with van der Waals surface area (Å²) in [4.78, 5) is 0. The number of aliphatic hydroxyl groups excluding tert-OH is 1. The fraction of sp³-hybridized carbons (Fsp3) is 1.00. The van der Waals surface area contributed by atoms with Gasteiger partial charge in [-0.3, -0.25) is 0 Å². The van der Waals surface area contributed by atoms with E-state index in [-0.39, 0.29) is 11.9 Å². The van der Waals surface area contributed by atoms with Gasteiger partial charge in [0.15, 0.2) is 0 Å². The van der Waals surface area contributed by atoms with Gasteiger partial charge in [0.1, 0.15) is 0 Å². The molecule has 0 spiro atoms. The third kappa shape index (κ3) is 2.57. The average molecular weight is 247 g/mol. The first-order valence-corrected chi connectivity index (χ1v) is 7.66.